The maximum atomic E-state index is 11.8. The minimum Gasteiger partial charge on any atom is -0.452 e. The van der Waals surface area contributed by atoms with E-state index in [-0.39, 0.29) is 18.1 Å². The molecule has 0 aliphatic carbocycles. The Balaban J connectivity index is 1.90. The van der Waals surface area contributed by atoms with E-state index in [1.165, 1.54) is 6.20 Å². The van der Waals surface area contributed by atoms with Gasteiger partial charge in [-0.25, -0.2) is 4.79 Å². The van der Waals surface area contributed by atoms with Gasteiger partial charge in [-0.15, -0.1) is 0 Å². The summed E-state index contributed by atoms with van der Waals surface area (Å²) in [4.78, 5) is 27.5. The van der Waals surface area contributed by atoms with E-state index in [4.69, 9.17) is 4.74 Å². The molecule has 1 aromatic carbocycles. The van der Waals surface area contributed by atoms with Gasteiger partial charge >= 0.3 is 5.97 Å². The Morgan fingerprint density at radius 2 is 1.95 bits per heavy atom. The van der Waals surface area contributed by atoms with Crippen LogP contribution in [-0.2, 0) is 9.53 Å². The first kappa shape index (κ1) is 16.2. The molecule has 0 atom stereocenters. The zero-order chi connectivity index (χ0) is 16.1. The lowest BCUT2D eigenvalue weighted by atomic mass is 10.1. The second-order valence-electron chi connectivity index (χ2n) is 4.82. The molecule has 2 aromatic rings. The Morgan fingerprint density at radius 3 is 2.64 bits per heavy atom. The number of anilines is 1. The summed E-state index contributed by atoms with van der Waals surface area (Å²) in [6.07, 6.45) is 2.94. The van der Waals surface area contributed by atoms with E-state index in [0.717, 1.165) is 11.1 Å². The van der Waals surface area contributed by atoms with Crippen LogP contribution in [0.1, 0.15) is 21.5 Å². The molecule has 0 bridgehead atoms. The number of carbonyl (C=O) groups is 2. The molecule has 0 radical (unpaired) electrons. The van der Waals surface area contributed by atoms with E-state index in [2.05, 4.69) is 26.2 Å². The third-order valence-corrected chi connectivity index (χ3v) is 3.50. The van der Waals surface area contributed by atoms with Crippen LogP contribution in [0.3, 0.4) is 0 Å². The van der Waals surface area contributed by atoms with Crippen molar-refractivity contribution in [3.63, 3.8) is 0 Å². The summed E-state index contributed by atoms with van der Waals surface area (Å²) in [7, 11) is 0. The largest absolute Gasteiger partial charge is 0.452 e. The van der Waals surface area contributed by atoms with Crippen molar-refractivity contribution >= 4 is 33.5 Å². The zero-order valence-corrected chi connectivity index (χ0v) is 13.8. The summed E-state index contributed by atoms with van der Waals surface area (Å²) in [5.41, 5.74) is 3.18. The van der Waals surface area contributed by atoms with E-state index < -0.39 is 5.97 Å². The molecule has 0 aliphatic rings. The second kappa shape index (κ2) is 7.17. The van der Waals surface area contributed by atoms with Gasteiger partial charge in [0.2, 0.25) is 0 Å². The molecular formula is C16H15BrN2O3. The topological polar surface area (TPSA) is 68.3 Å². The van der Waals surface area contributed by atoms with Crippen LogP contribution in [0.25, 0.3) is 0 Å². The van der Waals surface area contributed by atoms with Crippen molar-refractivity contribution in [2.24, 2.45) is 0 Å². The van der Waals surface area contributed by atoms with Crippen molar-refractivity contribution in [2.75, 3.05) is 11.9 Å². The number of aromatic nitrogens is 1. The fourth-order valence-electron chi connectivity index (χ4n) is 1.75. The molecule has 0 spiro atoms. The van der Waals surface area contributed by atoms with Gasteiger partial charge in [-0.2, -0.15) is 0 Å². The molecule has 22 heavy (non-hydrogen) atoms. The third-order valence-electron chi connectivity index (χ3n) is 3.07. The maximum absolute atomic E-state index is 11.8. The standard InChI is InChI=1S/C16H15BrN2O3/c1-10-3-4-14(5-11(10)2)19-15(20)9-22-16(21)12-6-13(17)8-18-7-12/h3-8H,9H2,1-2H3,(H,19,20). The minimum atomic E-state index is -0.593. The maximum Gasteiger partial charge on any atom is 0.340 e. The summed E-state index contributed by atoms with van der Waals surface area (Å²) < 4.78 is 5.63. The molecule has 1 N–H and O–H groups in total. The Hall–Kier alpha value is -2.21. The van der Waals surface area contributed by atoms with Gasteiger partial charge in [-0.05, 0) is 59.1 Å². The zero-order valence-electron chi connectivity index (χ0n) is 12.2. The summed E-state index contributed by atoms with van der Waals surface area (Å²) >= 11 is 3.22. The summed E-state index contributed by atoms with van der Waals surface area (Å²) in [6, 6.07) is 7.17. The number of ether oxygens (including phenoxy) is 1. The van der Waals surface area contributed by atoms with Gasteiger partial charge in [0.25, 0.3) is 5.91 Å². The lowest BCUT2D eigenvalue weighted by molar-refractivity contribution is -0.119. The molecule has 114 valence electrons. The number of nitrogens with one attached hydrogen (secondary N) is 1. The number of hydrogen-bond donors (Lipinski definition) is 1. The normalized spacial score (nSPS) is 10.1. The molecule has 0 unspecified atom stereocenters. The van der Waals surface area contributed by atoms with Crippen molar-refractivity contribution in [3.8, 4) is 0 Å². The first-order valence-corrected chi connectivity index (χ1v) is 7.40. The lowest BCUT2D eigenvalue weighted by Gasteiger charge is -2.08. The minimum absolute atomic E-state index is 0.286. The van der Waals surface area contributed by atoms with E-state index in [9.17, 15) is 9.59 Å². The molecule has 5 nitrogen and oxygen atoms in total. The van der Waals surface area contributed by atoms with Gasteiger partial charge in [-0.3, -0.25) is 9.78 Å². The highest BCUT2D eigenvalue weighted by atomic mass is 79.9. The quantitative estimate of drug-likeness (QED) is 0.847. The van der Waals surface area contributed by atoms with Crippen molar-refractivity contribution in [1.29, 1.82) is 0 Å². The lowest BCUT2D eigenvalue weighted by Crippen LogP contribution is -2.21. The SMILES string of the molecule is Cc1ccc(NC(=O)COC(=O)c2cncc(Br)c2)cc1C. The Labute approximate surface area is 136 Å². The van der Waals surface area contributed by atoms with Gasteiger partial charge in [0.15, 0.2) is 6.61 Å². The number of esters is 1. The molecule has 2 rings (SSSR count). The van der Waals surface area contributed by atoms with Crippen LogP contribution in [-0.4, -0.2) is 23.5 Å². The molecule has 1 aromatic heterocycles. The molecule has 0 fully saturated rings. The van der Waals surface area contributed by atoms with Crippen LogP contribution in [0.15, 0.2) is 41.1 Å². The third kappa shape index (κ3) is 4.39. The summed E-state index contributed by atoms with van der Waals surface area (Å²) in [5, 5.41) is 2.69. The molecule has 0 saturated carbocycles. The molecule has 0 aliphatic heterocycles. The number of pyridine rings is 1. The highest BCUT2D eigenvalue weighted by Crippen LogP contribution is 2.14. The van der Waals surface area contributed by atoms with Gasteiger partial charge < -0.3 is 10.1 Å². The van der Waals surface area contributed by atoms with Crippen molar-refractivity contribution < 1.29 is 14.3 Å². The van der Waals surface area contributed by atoms with E-state index >= 15 is 0 Å². The van der Waals surface area contributed by atoms with Crippen LogP contribution in [0, 0.1) is 13.8 Å². The molecule has 0 saturated heterocycles. The number of aryl methyl sites for hydroxylation is 2. The molecule has 6 heteroatoms. The molecule has 1 heterocycles. The smallest absolute Gasteiger partial charge is 0.340 e. The highest BCUT2D eigenvalue weighted by molar-refractivity contribution is 9.10. The van der Waals surface area contributed by atoms with Gasteiger partial charge in [-0.1, -0.05) is 6.07 Å². The predicted molar refractivity (Wildman–Crippen MR) is 86.8 cm³/mol. The monoisotopic (exact) mass is 362 g/mol. The number of nitrogens with zero attached hydrogens (tertiary/aromatic N) is 1. The predicted octanol–water partition coefficient (Wildman–Crippen LogP) is 3.26. The van der Waals surface area contributed by atoms with Crippen LogP contribution >= 0.6 is 15.9 Å². The van der Waals surface area contributed by atoms with E-state index in [1.54, 1.807) is 18.3 Å². The highest BCUT2D eigenvalue weighted by Gasteiger charge is 2.11. The van der Waals surface area contributed by atoms with Crippen LogP contribution in [0.2, 0.25) is 0 Å². The Morgan fingerprint density at radius 1 is 1.18 bits per heavy atom. The average molecular weight is 363 g/mol. The fourth-order valence-corrected chi connectivity index (χ4v) is 2.12. The number of benzene rings is 1. The fraction of sp³-hybridized carbons (Fsp3) is 0.188. The van der Waals surface area contributed by atoms with Crippen LogP contribution in [0.4, 0.5) is 5.69 Å². The van der Waals surface area contributed by atoms with Crippen molar-refractivity contribution in [3.05, 3.63) is 57.8 Å². The number of rotatable bonds is 4. The first-order valence-electron chi connectivity index (χ1n) is 6.60. The van der Waals surface area contributed by atoms with Crippen LogP contribution < -0.4 is 5.32 Å². The average Bonchev–Trinajstić information content (AvgIpc) is 2.48. The summed E-state index contributed by atoms with van der Waals surface area (Å²) in [6.45, 7) is 3.61. The Bertz CT molecular complexity index is 716. The second-order valence-corrected chi connectivity index (χ2v) is 5.73. The van der Waals surface area contributed by atoms with E-state index in [1.807, 2.05) is 26.0 Å². The van der Waals surface area contributed by atoms with E-state index in [0.29, 0.717) is 10.2 Å². The summed E-state index contributed by atoms with van der Waals surface area (Å²) in [5.74, 6) is -0.983. The number of amides is 1. The van der Waals surface area contributed by atoms with Crippen molar-refractivity contribution in [1.82, 2.24) is 4.98 Å². The first-order chi connectivity index (χ1) is 10.5. The number of carbonyl (C=O) groups excluding carboxylic acids is 2. The Kier molecular flexibility index (Phi) is 5.27. The molecular weight excluding hydrogens is 348 g/mol. The number of halogens is 1. The number of hydrogen-bond acceptors (Lipinski definition) is 4. The molecule has 1 amide bonds. The van der Waals surface area contributed by atoms with Crippen LogP contribution in [0.5, 0.6) is 0 Å². The van der Waals surface area contributed by atoms with Gasteiger partial charge in [0, 0.05) is 22.6 Å². The van der Waals surface area contributed by atoms with Gasteiger partial charge in [0.1, 0.15) is 0 Å². The van der Waals surface area contributed by atoms with Crippen molar-refractivity contribution in [2.45, 2.75) is 13.8 Å². The van der Waals surface area contributed by atoms with Gasteiger partial charge in [0.05, 0.1) is 5.56 Å².